The summed E-state index contributed by atoms with van der Waals surface area (Å²) in [4.78, 5) is 16.2. The van der Waals surface area contributed by atoms with E-state index in [1.54, 1.807) is 6.20 Å². The van der Waals surface area contributed by atoms with Crippen LogP contribution in [0.4, 0.5) is 10.5 Å². The Morgan fingerprint density at radius 3 is 2.50 bits per heavy atom. The predicted molar refractivity (Wildman–Crippen MR) is 148 cm³/mol. The van der Waals surface area contributed by atoms with Gasteiger partial charge in [-0.3, -0.25) is 4.99 Å². The maximum atomic E-state index is 12.1. The lowest BCUT2D eigenvalue weighted by Crippen LogP contribution is -2.42. The van der Waals surface area contributed by atoms with E-state index < -0.39 is 5.60 Å². The Bertz CT molecular complexity index is 1250. The lowest BCUT2D eigenvalue weighted by atomic mass is 9.90. The summed E-state index contributed by atoms with van der Waals surface area (Å²) >= 11 is 6.67. The highest BCUT2D eigenvalue weighted by molar-refractivity contribution is 6.32. The molecule has 0 saturated heterocycles. The summed E-state index contributed by atoms with van der Waals surface area (Å²) < 4.78 is 11.5. The largest absolute Gasteiger partial charge is 0.456 e. The van der Waals surface area contributed by atoms with E-state index in [1.165, 1.54) is 0 Å². The van der Waals surface area contributed by atoms with Crippen LogP contribution in [0.5, 0.6) is 0 Å². The number of nitrogens with one attached hydrogen (secondary N) is 2. The number of halogens is 1. The molecule has 1 aromatic heterocycles. The average molecular weight is 508 g/mol. The Morgan fingerprint density at radius 2 is 1.83 bits per heavy atom. The Balaban J connectivity index is 1.49. The summed E-state index contributed by atoms with van der Waals surface area (Å²) in [5.41, 5.74) is 3.98. The van der Waals surface area contributed by atoms with Gasteiger partial charge in [0.2, 0.25) is 0 Å². The minimum absolute atomic E-state index is 0.122. The molecule has 2 N–H and O–H groups in total. The van der Waals surface area contributed by atoms with Gasteiger partial charge in [-0.15, -0.1) is 0 Å². The number of rotatable bonds is 6. The number of alkyl carbamates (subject to hydrolysis) is 1. The molecule has 0 spiro atoms. The van der Waals surface area contributed by atoms with Crippen molar-refractivity contribution in [2.24, 2.45) is 4.99 Å². The van der Waals surface area contributed by atoms with E-state index in [1.807, 2.05) is 64.1 Å². The number of ether oxygens (including phenoxy) is 1. The van der Waals surface area contributed by atoms with E-state index in [4.69, 9.17) is 20.8 Å². The van der Waals surface area contributed by atoms with Crippen LogP contribution in [0.2, 0.25) is 5.02 Å². The molecule has 1 heterocycles. The molecule has 2 aromatic carbocycles. The minimum Gasteiger partial charge on any atom is -0.456 e. The quantitative estimate of drug-likeness (QED) is 0.334. The van der Waals surface area contributed by atoms with E-state index in [9.17, 15) is 4.79 Å². The van der Waals surface area contributed by atoms with E-state index in [0.717, 1.165) is 59.0 Å². The van der Waals surface area contributed by atoms with Gasteiger partial charge in [0.05, 0.1) is 0 Å². The van der Waals surface area contributed by atoms with Crippen molar-refractivity contribution in [2.75, 3.05) is 5.32 Å². The Hall–Kier alpha value is -3.25. The number of furan rings is 1. The number of para-hydroxylation sites is 1. The molecule has 7 heteroatoms. The number of amides is 1. The second-order valence-corrected chi connectivity index (χ2v) is 10.8. The normalized spacial score (nSPS) is 18.6. The molecular weight excluding hydrogens is 474 g/mol. The molecule has 0 bridgehead atoms. The fourth-order valence-corrected chi connectivity index (χ4v) is 4.83. The Labute approximate surface area is 217 Å². The van der Waals surface area contributed by atoms with Gasteiger partial charge in [0.25, 0.3) is 0 Å². The van der Waals surface area contributed by atoms with Crippen molar-refractivity contribution >= 4 is 46.6 Å². The zero-order valence-electron chi connectivity index (χ0n) is 21.4. The van der Waals surface area contributed by atoms with Gasteiger partial charge in [0.15, 0.2) is 0 Å². The van der Waals surface area contributed by atoms with Crippen LogP contribution in [-0.4, -0.2) is 30.5 Å². The number of fused-ring (bicyclic) bond motifs is 1. The summed E-state index contributed by atoms with van der Waals surface area (Å²) in [5, 5.41) is 8.34. The highest BCUT2D eigenvalue weighted by Crippen LogP contribution is 2.36. The fraction of sp³-hybridized carbons (Fsp3) is 0.379. The molecule has 36 heavy (non-hydrogen) atoms. The molecule has 1 aliphatic carbocycles. The first-order chi connectivity index (χ1) is 17.1. The van der Waals surface area contributed by atoms with Gasteiger partial charge in [-0.1, -0.05) is 29.8 Å². The number of nitrogens with zero attached hydrogens (tertiary/aromatic N) is 1. The van der Waals surface area contributed by atoms with Gasteiger partial charge in [-0.25, -0.2) is 4.79 Å². The van der Waals surface area contributed by atoms with Crippen LogP contribution in [0.15, 0.2) is 58.1 Å². The lowest BCUT2D eigenvalue weighted by molar-refractivity contribution is 0.0492. The standard InChI is InChI=1S/C29H34ClN3O3/c1-18-23(24(17-31-5)27-14-19-8-6-7-9-26(19)35-27)15-22(16-25(18)30)32-20-10-12-21(13-11-20)33-28(34)36-29(2,3)4/h6-9,14-17,20-21,32H,5,10-13H2,1-4H3,(H,33,34)/b24-17+/t20-,21-. The number of anilines is 1. The minimum atomic E-state index is -0.498. The number of carbonyl (C=O) groups is 1. The SMILES string of the molecule is C=N/C=C(/c1cc2ccccc2o1)c1cc(N[C@H]2CC[C@H](NC(=O)OC(C)(C)C)CC2)cc(Cl)c1C. The number of hydrogen-bond acceptors (Lipinski definition) is 5. The van der Waals surface area contributed by atoms with Crippen molar-refractivity contribution < 1.29 is 13.9 Å². The first kappa shape index (κ1) is 25.8. The molecule has 1 amide bonds. The fourth-order valence-electron chi connectivity index (χ4n) is 4.61. The summed E-state index contributed by atoms with van der Waals surface area (Å²) in [7, 11) is 0. The third-order valence-corrected chi connectivity index (χ3v) is 6.76. The third kappa shape index (κ3) is 6.30. The molecular formula is C29H34ClN3O3. The van der Waals surface area contributed by atoms with E-state index >= 15 is 0 Å². The van der Waals surface area contributed by atoms with Crippen LogP contribution in [-0.2, 0) is 4.74 Å². The van der Waals surface area contributed by atoms with Crippen molar-refractivity contribution in [1.82, 2.24) is 5.32 Å². The van der Waals surface area contributed by atoms with Gasteiger partial charge in [-0.05, 0) is 95.5 Å². The van der Waals surface area contributed by atoms with Crippen molar-refractivity contribution in [3.05, 3.63) is 70.6 Å². The van der Waals surface area contributed by atoms with Crippen molar-refractivity contribution in [3.8, 4) is 0 Å². The molecule has 0 aliphatic heterocycles. The van der Waals surface area contributed by atoms with Crippen LogP contribution >= 0.6 is 11.6 Å². The Kier molecular flexibility index (Phi) is 7.74. The first-order valence-electron chi connectivity index (χ1n) is 12.3. The number of benzene rings is 2. The number of hydrogen-bond donors (Lipinski definition) is 2. The van der Waals surface area contributed by atoms with Crippen molar-refractivity contribution in [1.29, 1.82) is 0 Å². The summed E-state index contributed by atoms with van der Waals surface area (Å²) in [6, 6.07) is 14.4. The molecule has 3 aromatic rings. The molecule has 0 unspecified atom stereocenters. The lowest BCUT2D eigenvalue weighted by Gasteiger charge is -2.31. The van der Waals surface area contributed by atoms with Crippen LogP contribution in [0.1, 0.15) is 63.3 Å². The van der Waals surface area contributed by atoms with Gasteiger partial charge < -0.3 is 19.8 Å². The molecule has 0 radical (unpaired) electrons. The monoisotopic (exact) mass is 507 g/mol. The topological polar surface area (TPSA) is 75.9 Å². The van der Waals surface area contributed by atoms with Crippen LogP contribution in [0.25, 0.3) is 16.5 Å². The molecule has 1 saturated carbocycles. The van der Waals surface area contributed by atoms with Gasteiger partial charge in [0, 0.05) is 40.0 Å². The second-order valence-electron chi connectivity index (χ2n) is 10.3. The number of carbonyl (C=O) groups excluding carboxylic acids is 1. The third-order valence-electron chi connectivity index (χ3n) is 6.36. The first-order valence-corrected chi connectivity index (χ1v) is 12.7. The molecule has 0 atom stereocenters. The van der Waals surface area contributed by atoms with E-state index in [-0.39, 0.29) is 18.2 Å². The van der Waals surface area contributed by atoms with E-state index in [2.05, 4.69) is 28.4 Å². The summed E-state index contributed by atoms with van der Waals surface area (Å²) in [6.45, 7) is 11.3. The smallest absolute Gasteiger partial charge is 0.407 e. The van der Waals surface area contributed by atoms with E-state index in [0.29, 0.717) is 10.8 Å². The Morgan fingerprint density at radius 1 is 1.14 bits per heavy atom. The van der Waals surface area contributed by atoms with Crippen molar-refractivity contribution in [2.45, 2.75) is 71.1 Å². The maximum absolute atomic E-state index is 12.1. The highest BCUT2D eigenvalue weighted by Gasteiger charge is 2.25. The highest BCUT2D eigenvalue weighted by atomic mass is 35.5. The van der Waals surface area contributed by atoms with Gasteiger partial charge in [-0.2, -0.15) is 0 Å². The summed E-state index contributed by atoms with van der Waals surface area (Å²) in [5.74, 6) is 0.716. The van der Waals surface area contributed by atoms with Crippen LogP contribution in [0.3, 0.4) is 0 Å². The van der Waals surface area contributed by atoms with Gasteiger partial charge in [0.1, 0.15) is 16.9 Å². The predicted octanol–water partition coefficient (Wildman–Crippen LogP) is 7.73. The van der Waals surface area contributed by atoms with Crippen LogP contribution in [0, 0.1) is 6.92 Å². The zero-order valence-corrected chi connectivity index (χ0v) is 22.1. The van der Waals surface area contributed by atoms with Crippen molar-refractivity contribution in [3.63, 3.8) is 0 Å². The average Bonchev–Trinajstić information content (AvgIpc) is 3.24. The molecule has 6 nitrogen and oxygen atoms in total. The van der Waals surface area contributed by atoms with Crippen LogP contribution < -0.4 is 10.6 Å². The zero-order chi connectivity index (χ0) is 25.9. The molecule has 1 fully saturated rings. The maximum Gasteiger partial charge on any atom is 0.407 e. The van der Waals surface area contributed by atoms with Gasteiger partial charge >= 0.3 is 6.09 Å². The molecule has 1 aliphatic rings. The number of aliphatic imine (C=N–C) groups is 1. The second kappa shape index (κ2) is 10.8. The molecule has 190 valence electrons. The summed E-state index contributed by atoms with van der Waals surface area (Å²) in [6.07, 6.45) is 4.99. The molecule has 4 rings (SSSR count).